The molecule has 0 saturated carbocycles. The van der Waals surface area contributed by atoms with Crippen molar-refractivity contribution in [2.45, 2.75) is 45.1 Å². The fourth-order valence-corrected chi connectivity index (χ4v) is 2.29. The molecule has 96 valence electrons. The van der Waals surface area contributed by atoms with Crippen molar-refractivity contribution >= 4 is 0 Å². The molecule has 0 aliphatic heterocycles. The van der Waals surface area contributed by atoms with Gasteiger partial charge in [0.15, 0.2) is 0 Å². The van der Waals surface area contributed by atoms with Crippen LogP contribution >= 0.6 is 0 Å². The Labute approximate surface area is 109 Å². The molecule has 0 spiro atoms. The van der Waals surface area contributed by atoms with Gasteiger partial charge in [0.25, 0.3) is 0 Å². The minimum absolute atomic E-state index is 0.635. The number of hydrogen-bond acceptors (Lipinski definition) is 2. The van der Waals surface area contributed by atoms with Crippen LogP contribution in [0.4, 0.5) is 0 Å². The van der Waals surface area contributed by atoms with Gasteiger partial charge in [0.05, 0.1) is 0 Å². The van der Waals surface area contributed by atoms with Crippen LogP contribution < -0.4 is 0 Å². The lowest BCUT2D eigenvalue weighted by Gasteiger charge is -2.17. The summed E-state index contributed by atoms with van der Waals surface area (Å²) in [6.07, 6.45) is 8.33. The molecule has 2 rings (SSSR count). The van der Waals surface area contributed by atoms with Crippen LogP contribution in [-0.4, -0.2) is 14.8 Å². The second kappa shape index (κ2) is 6.94. The summed E-state index contributed by atoms with van der Waals surface area (Å²) < 4.78 is 1.92. The van der Waals surface area contributed by atoms with E-state index in [0.29, 0.717) is 5.92 Å². The average Bonchev–Trinajstić information content (AvgIpc) is 2.93. The maximum absolute atomic E-state index is 4.17. The van der Waals surface area contributed by atoms with Gasteiger partial charge < -0.3 is 0 Å². The van der Waals surface area contributed by atoms with Gasteiger partial charge in [-0.3, -0.25) is 4.68 Å². The molecule has 1 aromatic carbocycles. The Morgan fingerprint density at radius 1 is 1.17 bits per heavy atom. The topological polar surface area (TPSA) is 30.7 Å². The number of unbranched alkanes of at least 4 members (excludes halogenated alkanes) is 1. The molecule has 2 aromatic rings. The normalized spacial score (nSPS) is 12.5. The zero-order valence-corrected chi connectivity index (χ0v) is 11.0. The number of aromatic nitrogens is 3. The largest absolute Gasteiger partial charge is 0.253 e. The van der Waals surface area contributed by atoms with Crippen molar-refractivity contribution in [2.75, 3.05) is 0 Å². The van der Waals surface area contributed by atoms with Crippen LogP contribution in [0.3, 0.4) is 0 Å². The molecule has 1 unspecified atom stereocenters. The van der Waals surface area contributed by atoms with Gasteiger partial charge in [0.1, 0.15) is 12.7 Å². The quantitative estimate of drug-likeness (QED) is 0.743. The zero-order valence-electron chi connectivity index (χ0n) is 11.0. The summed E-state index contributed by atoms with van der Waals surface area (Å²) in [4.78, 5) is 3.99. The van der Waals surface area contributed by atoms with Crippen LogP contribution in [0, 0.1) is 0 Å². The van der Waals surface area contributed by atoms with E-state index in [0.717, 1.165) is 13.0 Å². The summed E-state index contributed by atoms with van der Waals surface area (Å²) in [5.74, 6) is 0.635. The SMILES string of the molecule is CCCCC(CCn1cncn1)c1ccccc1. The zero-order chi connectivity index (χ0) is 12.6. The van der Waals surface area contributed by atoms with Crippen LogP contribution in [0.5, 0.6) is 0 Å². The van der Waals surface area contributed by atoms with Crippen LogP contribution in [-0.2, 0) is 6.54 Å². The smallest absolute Gasteiger partial charge is 0.137 e. The van der Waals surface area contributed by atoms with Gasteiger partial charge in [-0.15, -0.1) is 0 Å². The summed E-state index contributed by atoms with van der Waals surface area (Å²) in [7, 11) is 0. The van der Waals surface area contributed by atoms with Crippen molar-refractivity contribution in [3.05, 3.63) is 48.5 Å². The van der Waals surface area contributed by atoms with Crippen LogP contribution in [0.1, 0.15) is 44.1 Å². The number of benzene rings is 1. The predicted molar refractivity (Wildman–Crippen MR) is 73.3 cm³/mol. The second-order valence-corrected chi connectivity index (χ2v) is 4.70. The molecule has 1 heterocycles. The van der Waals surface area contributed by atoms with E-state index in [1.54, 1.807) is 12.7 Å². The lowest BCUT2D eigenvalue weighted by atomic mass is 9.91. The standard InChI is InChI=1S/C15H21N3/c1-2-3-7-15(14-8-5-4-6-9-14)10-11-18-13-16-12-17-18/h4-6,8-9,12-13,15H,2-3,7,10-11H2,1H3. The maximum atomic E-state index is 4.17. The average molecular weight is 243 g/mol. The summed E-state index contributed by atoms with van der Waals surface area (Å²) in [6, 6.07) is 10.8. The van der Waals surface area contributed by atoms with E-state index in [1.165, 1.54) is 24.8 Å². The fraction of sp³-hybridized carbons (Fsp3) is 0.467. The minimum Gasteiger partial charge on any atom is -0.253 e. The molecule has 0 bridgehead atoms. The Hall–Kier alpha value is -1.64. The van der Waals surface area contributed by atoms with Crippen molar-refractivity contribution in [3.63, 3.8) is 0 Å². The monoisotopic (exact) mass is 243 g/mol. The molecule has 0 aliphatic carbocycles. The van der Waals surface area contributed by atoms with Gasteiger partial charge in [-0.2, -0.15) is 5.10 Å². The Morgan fingerprint density at radius 2 is 2.00 bits per heavy atom. The van der Waals surface area contributed by atoms with Gasteiger partial charge in [0, 0.05) is 6.54 Å². The number of aryl methyl sites for hydroxylation is 1. The van der Waals surface area contributed by atoms with E-state index < -0.39 is 0 Å². The molecule has 0 saturated heterocycles. The number of rotatable bonds is 7. The van der Waals surface area contributed by atoms with E-state index in [1.807, 2.05) is 4.68 Å². The Kier molecular flexibility index (Phi) is 4.94. The first kappa shape index (κ1) is 12.8. The summed E-state index contributed by atoms with van der Waals surface area (Å²) in [5.41, 5.74) is 1.45. The van der Waals surface area contributed by atoms with E-state index >= 15 is 0 Å². The van der Waals surface area contributed by atoms with Crippen molar-refractivity contribution < 1.29 is 0 Å². The molecular weight excluding hydrogens is 222 g/mol. The van der Waals surface area contributed by atoms with E-state index in [2.05, 4.69) is 47.3 Å². The fourth-order valence-electron chi connectivity index (χ4n) is 2.29. The van der Waals surface area contributed by atoms with Crippen LogP contribution in [0.25, 0.3) is 0 Å². The Balaban J connectivity index is 1.96. The van der Waals surface area contributed by atoms with Gasteiger partial charge >= 0.3 is 0 Å². The van der Waals surface area contributed by atoms with E-state index in [4.69, 9.17) is 0 Å². The van der Waals surface area contributed by atoms with Crippen molar-refractivity contribution in [3.8, 4) is 0 Å². The highest BCUT2D eigenvalue weighted by atomic mass is 15.3. The number of hydrogen-bond donors (Lipinski definition) is 0. The second-order valence-electron chi connectivity index (χ2n) is 4.70. The summed E-state index contributed by atoms with van der Waals surface area (Å²) in [6.45, 7) is 3.20. The highest BCUT2D eigenvalue weighted by Crippen LogP contribution is 2.25. The van der Waals surface area contributed by atoms with Crippen LogP contribution in [0.2, 0.25) is 0 Å². The third kappa shape index (κ3) is 3.69. The lowest BCUT2D eigenvalue weighted by molar-refractivity contribution is 0.479. The molecule has 1 aromatic heterocycles. The molecule has 3 nitrogen and oxygen atoms in total. The summed E-state index contributed by atoms with van der Waals surface area (Å²) >= 11 is 0. The summed E-state index contributed by atoms with van der Waals surface area (Å²) in [5, 5.41) is 4.17. The van der Waals surface area contributed by atoms with Crippen molar-refractivity contribution in [1.29, 1.82) is 0 Å². The molecule has 3 heteroatoms. The Morgan fingerprint density at radius 3 is 2.67 bits per heavy atom. The van der Waals surface area contributed by atoms with Crippen LogP contribution in [0.15, 0.2) is 43.0 Å². The van der Waals surface area contributed by atoms with Crippen molar-refractivity contribution in [2.24, 2.45) is 0 Å². The van der Waals surface area contributed by atoms with E-state index in [9.17, 15) is 0 Å². The third-order valence-corrected chi connectivity index (χ3v) is 3.35. The highest BCUT2D eigenvalue weighted by molar-refractivity contribution is 5.19. The molecular formula is C15H21N3. The molecule has 18 heavy (non-hydrogen) atoms. The third-order valence-electron chi connectivity index (χ3n) is 3.35. The molecule has 0 aliphatic rings. The highest BCUT2D eigenvalue weighted by Gasteiger charge is 2.10. The minimum atomic E-state index is 0.635. The van der Waals surface area contributed by atoms with Gasteiger partial charge in [0.2, 0.25) is 0 Å². The lowest BCUT2D eigenvalue weighted by Crippen LogP contribution is -2.06. The van der Waals surface area contributed by atoms with Gasteiger partial charge in [-0.05, 0) is 24.3 Å². The first-order valence-electron chi connectivity index (χ1n) is 6.77. The molecule has 0 amide bonds. The predicted octanol–water partition coefficient (Wildman–Crippen LogP) is 3.64. The Bertz CT molecular complexity index is 422. The maximum Gasteiger partial charge on any atom is 0.137 e. The number of nitrogens with zero attached hydrogens (tertiary/aromatic N) is 3. The molecule has 0 fully saturated rings. The van der Waals surface area contributed by atoms with Gasteiger partial charge in [-0.1, -0.05) is 50.1 Å². The van der Waals surface area contributed by atoms with Gasteiger partial charge in [-0.25, -0.2) is 4.98 Å². The first-order chi connectivity index (χ1) is 8.90. The molecule has 1 atom stereocenters. The van der Waals surface area contributed by atoms with Crippen molar-refractivity contribution in [1.82, 2.24) is 14.8 Å². The molecule has 0 N–H and O–H groups in total. The first-order valence-corrected chi connectivity index (χ1v) is 6.77. The van der Waals surface area contributed by atoms with E-state index in [-0.39, 0.29) is 0 Å². The molecule has 0 radical (unpaired) electrons.